The number of hydrogen-bond donors (Lipinski definition) is 0. The Kier molecular flexibility index (Phi) is 3.68. The summed E-state index contributed by atoms with van der Waals surface area (Å²) >= 11 is 0. The van der Waals surface area contributed by atoms with Crippen molar-refractivity contribution in [2.45, 2.75) is 19.3 Å². The lowest BCUT2D eigenvalue weighted by Gasteiger charge is -2.38. The zero-order chi connectivity index (χ0) is 14.2. The third-order valence-electron chi connectivity index (χ3n) is 4.07. The van der Waals surface area contributed by atoms with Gasteiger partial charge in [-0.15, -0.1) is 0 Å². The summed E-state index contributed by atoms with van der Waals surface area (Å²) in [6, 6.07) is 0. The molecule has 0 spiro atoms. The van der Waals surface area contributed by atoms with Crippen molar-refractivity contribution in [1.29, 1.82) is 0 Å². The quantitative estimate of drug-likeness (QED) is 0.522. The zero-order valence-electron chi connectivity index (χ0n) is 10.9. The molecule has 6 heteroatoms. The first-order valence-corrected chi connectivity index (χ1v) is 6.22. The number of fused-ring (bicyclic) bond motifs is 2. The Labute approximate surface area is 110 Å². The topological polar surface area (TPSA) is 86.7 Å². The number of methoxy groups -OCH3 is 2. The molecule has 0 unspecified atom stereocenters. The van der Waals surface area contributed by atoms with Crippen molar-refractivity contribution in [3.63, 3.8) is 0 Å². The molecule has 2 bridgehead atoms. The van der Waals surface area contributed by atoms with Crippen LogP contribution < -0.4 is 0 Å². The molecule has 0 aliphatic heterocycles. The van der Waals surface area contributed by atoms with E-state index in [2.05, 4.69) is 9.47 Å². The Hall–Kier alpha value is -1.72. The number of esters is 2. The average molecular weight is 268 g/mol. The predicted octanol–water partition coefficient (Wildman–Crippen LogP) is 0.133. The Morgan fingerprint density at radius 3 is 1.53 bits per heavy atom. The molecule has 4 atom stereocenters. The minimum Gasteiger partial charge on any atom is -0.468 e. The number of ether oxygens (including phenoxy) is 2. The van der Waals surface area contributed by atoms with E-state index in [1.807, 2.05) is 0 Å². The molecule has 6 nitrogen and oxygen atoms in total. The second-order valence-electron chi connectivity index (χ2n) is 5.06. The number of carbonyl (C=O) groups excluding carboxylic acids is 4. The lowest BCUT2D eigenvalue weighted by Crippen LogP contribution is -2.48. The van der Waals surface area contributed by atoms with Gasteiger partial charge >= 0.3 is 11.9 Å². The first kappa shape index (κ1) is 13.7. The second kappa shape index (κ2) is 5.11. The summed E-state index contributed by atoms with van der Waals surface area (Å²) < 4.78 is 9.19. The molecule has 0 heterocycles. The van der Waals surface area contributed by atoms with Crippen LogP contribution in [0.4, 0.5) is 0 Å². The molecule has 2 aliphatic rings. The van der Waals surface area contributed by atoms with Gasteiger partial charge in [0.25, 0.3) is 0 Å². The Morgan fingerprint density at radius 1 is 0.842 bits per heavy atom. The van der Waals surface area contributed by atoms with Gasteiger partial charge < -0.3 is 9.47 Å². The van der Waals surface area contributed by atoms with Crippen molar-refractivity contribution in [2.75, 3.05) is 14.2 Å². The molecule has 0 amide bonds. The minimum absolute atomic E-state index is 0.147. The lowest BCUT2D eigenvalue weighted by atomic mass is 9.63. The number of ketones is 2. The van der Waals surface area contributed by atoms with Gasteiger partial charge in [-0.25, -0.2) is 0 Å². The van der Waals surface area contributed by atoms with Crippen LogP contribution in [-0.4, -0.2) is 37.7 Å². The SMILES string of the molecule is COC(=O)[C@H]1C[C@@H]2C[C@@H](C[C@@H](C(=O)OC)C2=O)C1=O. The van der Waals surface area contributed by atoms with Gasteiger partial charge in [-0.3, -0.25) is 19.2 Å². The molecule has 19 heavy (non-hydrogen) atoms. The second-order valence-corrected chi connectivity index (χ2v) is 5.06. The third kappa shape index (κ3) is 2.27. The first-order valence-electron chi connectivity index (χ1n) is 6.22. The van der Waals surface area contributed by atoms with Gasteiger partial charge in [0.05, 0.1) is 14.2 Å². The molecule has 2 saturated carbocycles. The van der Waals surface area contributed by atoms with E-state index in [4.69, 9.17) is 0 Å². The predicted molar refractivity (Wildman–Crippen MR) is 61.9 cm³/mol. The van der Waals surface area contributed by atoms with E-state index in [1.54, 1.807) is 0 Å². The van der Waals surface area contributed by atoms with Crippen molar-refractivity contribution in [3.05, 3.63) is 0 Å². The van der Waals surface area contributed by atoms with Crippen molar-refractivity contribution in [2.24, 2.45) is 23.7 Å². The normalized spacial score (nSPS) is 33.8. The van der Waals surface area contributed by atoms with Crippen LogP contribution in [0.25, 0.3) is 0 Å². The van der Waals surface area contributed by atoms with E-state index in [-0.39, 0.29) is 24.4 Å². The summed E-state index contributed by atoms with van der Waals surface area (Å²) in [6.45, 7) is 0. The number of carbonyl (C=O) groups is 4. The van der Waals surface area contributed by atoms with Crippen molar-refractivity contribution < 1.29 is 28.7 Å². The summed E-state index contributed by atoms with van der Waals surface area (Å²) in [6.07, 6.45) is 0.724. The highest BCUT2D eigenvalue weighted by molar-refractivity contribution is 6.07. The molecule has 2 aliphatic carbocycles. The molecular formula is C13H16O6. The van der Waals surface area contributed by atoms with Crippen molar-refractivity contribution in [1.82, 2.24) is 0 Å². The van der Waals surface area contributed by atoms with E-state index >= 15 is 0 Å². The summed E-state index contributed by atoms with van der Waals surface area (Å²) in [7, 11) is 2.44. The van der Waals surface area contributed by atoms with Crippen LogP contribution in [-0.2, 0) is 28.7 Å². The van der Waals surface area contributed by atoms with E-state index < -0.39 is 35.6 Å². The first-order chi connectivity index (χ1) is 8.99. The number of rotatable bonds is 2. The monoisotopic (exact) mass is 268 g/mol. The smallest absolute Gasteiger partial charge is 0.316 e. The molecule has 0 radical (unpaired) electrons. The van der Waals surface area contributed by atoms with Gasteiger partial charge in [0.1, 0.15) is 23.4 Å². The standard InChI is InChI=1S/C13H16O6/c1-18-12(16)8-4-6-3-7(10(8)14)5-9(11(6)15)13(17)19-2/h6-9H,3-5H2,1-2H3/t6-,7-,8-,9+/m0/s1. The summed E-state index contributed by atoms with van der Waals surface area (Å²) in [5, 5.41) is 0. The number of Topliss-reactive ketones (excluding diaryl/α,β-unsaturated/α-hetero) is 2. The van der Waals surface area contributed by atoms with Gasteiger partial charge in [0.2, 0.25) is 0 Å². The zero-order valence-corrected chi connectivity index (χ0v) is 10.9. The maximum atomic E-state index is 12.1. The molecule has 104 valence electrons. The van der Waals surface area contributed by atoms with Gasteiger partial charge in [0, 0.05) is 11.8 Å². The maximum Gasteiger partial charge on any atom is 0.316 e. The molecule has 2 fully saturated rings. The fourth-order valence-corrected chi connectivity index (χ4v) is 3.08. The molecule has 0 N–H and O–H groups in total. The van der Waals surface area contributed by atoms with Crippen molar-refractivity contribution >= 4 is 23.5 Å². The Bertz CT molecular complexity index is 400. The Morgan fingerprint density at radius 2 is 1.21 bits per heavy atom. The van der Waals surface area contributed by atoms with Crippen LogP contribution >= 0.6 is 0 Å². The molecule has 0 saturated heterocycles. The van der Waals surface area contributed by atoms with Crippen LogP contribution in [0.2, 0.25) is 0 Å². The largest absolute Gasteiger partial charge is 0.468 e. The van der Waals surface area contributed by atoms with Crippen molar-refractivity contribution in [3.8, 4) is 0 Å². The highest BCUT2D eigenvalue weighted by Gasteiger charge is 2.50. The van der Waals surface area contributed by atoms with Gasteiger partial charge in [-0.2, -0.15) is 0 Å². The van der Waals surface area contributed by atoms with Crippen LogP contribution in [0.5, 0.6) is 0 Å². The fourth-order valence-electron chi connectivity index (χ4n) is 3.08. The summed E-state index contributed by atoms with van der Waals surface area (Å²) in [4.78, 5) is 47.4. The average Bonchev–Trinajstić information content (AvgIpc) is 2.43. The third-order valence-corrected chi connectivity index (χ3v) is 4.07. The minimum atomic E-state index is -0.865. The van der Waals surface area contributed by atoms with Gasteiger partial charge in [0.15, 0.2) is 0 Å². The lowest BCUT2D eigenvalue weighted by molar-refractivity contribution is -0.160. The van der Waals surface area contributed by atoms with Gasteiger partial charge in [-0.1, -0.05) is 0 Å². The molecule has 0 aromatic carbocycles. The van der Waals surface area contributed by atoms with E-state index in [0.717, 1.165) is 0 Å². The summed E-state index contributed by atoms with van der Waals surface area (Å²) in [5.41, 5.74) is 0. The highest BCUT2D eigenvalue weighted by Crippen LogP contribution is 2.41. The number of hydrogen-bond acceptors (Lipinski definition) is 6. The fraction of sp³-hybridized carbons (Fsp3) is 0.692. The summed E-state index contributed by atoms with van der Waals surface area (Å²) in [5.74, 6) is -4.20. The van der Waals surface area contributed by atoms with E-state index in [9.17, 15) is 19.2 Å². The van der Waals surface area contributed by atoms with Crippen LogP contribution in [0.3, 0.4) is 0 Å². The van der Waals surface area contributed by atoms with E-state index in [1.165, 1.54) is 14.2 Å². The van der Waals surface area contributed by atoms with Crippen LogP contribution in [0, 0.1) is 23.7 Å². The maximum absolute atomic E-state index is 12.1. The molecule has 0 aromatic heterocycles. The van der Waals surface area contributed by atoms with Gasteiger partial charge in [-0.05, 0) is 19.3 Å². The molecule has 2 rings (SSSR count). The highest BCUT2D eigenvalue weighted by atomic mass is 16.5. The van der Waals surface area contributed by atoms with E-state index in [0.29, 0.717) is 6.42 Å². The molecular weight excluding hydrogens is 252 g/mol. The molecule has 0 aromatic rings. The Balaban J connectivity index is 2.21. The van der Waals surface area contributed by atoms with Crippen LogP contribution in [0.15, 0.2) is 0 Å². The van der Waals surface area contributed by atoms with Crippen LogP contribution in [0.1, 0.15) is 19.3 Å².